The summed E-state index contributed by atoms with van der Waals surface area (Å²) in [7, 11) is 2.09. The lowest BCUT2D eigenvalue weighted by Gasteiger charge is -2.32. The Morgan fingerprint density at radius 3 is 2.68 bits per heavy atom. The second kappa shape index (κ2) is 6.29. The van der Waals surface area contributed by atoms with E-state index in [1.165, 1.54) is 12.1 Å². The van der Waals surface area contributed by atoms with Crippen molar-refractivity contribution >= 4 is 17.3 Å². The second-order valence-corrected chi connectivity index (χ2v) is 5.07. The van der Waals surface area contributed by atoms with E-state index in [-0.39, 0.29) is 5.69 Å². The molecule has 1 aliphatic rings. The van der Waals surface area contributed by atoms with Crippen LogP contribution in [0.3, 0.4) is 0 Å². The molecule has 2 rings (SSSR count). The van der Waals surface area contributed by atoms with Crippen LogP contribution in [-0.4, -0.2) is 48.1 Å². The molecule has 1 saturated heterocycles. The summed E-state index contributed by atoms with van der Waals surface area (Å²) in [5.74, 6) is 0. The molecule has 0 unspecified atom stereocenters. The van der Waals surface area contributed by atoms with E-state index in [0.717, 1.165) is 31.7 Å². The van der Waals surface area contributed by atoms with Gasteiger partial charge in [0.15, 0.2) is 0 Å². The molecule has 1 aliphatic heterocycles. The topological polar surface area (TPSA) is 61.6 Å². The number of hydrogen-bond acceptors (Lipinski definition) is 5. The summed E-state index contributed by atoms with van der Waals surface area (Å²) < 4.78 is 0. The molecule has 1 aromatic rings. The summed E-state index contributed by atoms with van der Waals surface area (Å²) in [5.41, 5.74) is 4.08. The third kappa shape index (κ3) is 3.87. The van der Waals surface area contributed by atoms with Gasteiger partial charge in [0.05, 0.1) is 4.92 Å². The van der Waals surface area contributed by atoms with Gasteiger partial charge in [-0.15, -0.1) is 0 Å². The van der Waals surface area contributed by atoms with E-state index in [2.05, 4.69) is 22.4 Å². The molecule has 1 aromatic carbocycles. The lowest BCUT2D eigenvalue weighted by atomic mass is 10.2. The van der Waals surface area contributed by atoms with Crippen molar-refractivity contribution in [2.24, 2.45) is 0 Å². The Morgan fingerprint density at radius 2 is 2.05 bits per heavy atom. The molecule has 0 spiro atoms. The maximum absolute atomic E-state index is 10.7. The molecule has 1 fully saturated rings. The van der Waals surface area contributed by atoms with E-state index in [4.69, 9.17) is 11.6 Å². The molecule has 19 heavy (non-hydrogen) atoms. The van der Waals surface area contributed by atoms with Crippen LogP contribution in [0.15, 0.2) is 18.2 Å². The minimum atomic E-state index is -0.407. The summed E-state index contributed by atoms with van der Waals surface area (Å²) >= 11 is 6.05. The van der Waals surface area contributed by atoms with E-state index in [9.17, 15) is 10.1 Å². The number of rotatable bonds is 4. The zero-order valence-corrected chi connectivity index (χ0v) is 11.6. The number of hydrazine groups is 1. The van der Waals surface area contributed by atoms with Gasteiger partial charge in [-0.05, 0) is 18.7 Å². The molecule has 0 aliphatic carbocycles. The number of piperazine rings is 1. The fraction of sp³-hybridized carbons (Fsp3) is 0.500. The van der Waals surface area contributed by atoms with Crippen molar-refractivity contribution in [3.8, 4) is 0 Å². The molecule has 1 heterocycles. The Hall–Kier alpha value is -1.21. The van der Waals surface area contributed by atoms with Gasteiger partial charge in [-0.25, -0.2) is 5.01 Å². The van der Waals surface area contributed by atoms with E-state index in [1.54, 1.807) is 6.07 Å². The number of non-ortho nitro benzene ring substituents is 1. The highest BCUT2D eigenvalue weighted by molar-refractivity contribution is 6.31. The van der Waals surface area contributed by atoms with Gasteiger partial charge in [-0.1, -0.05) is 11.6 Å². The minimum Gasteiger partial charge on any atom is -0.304 e. The Labute approximate surface area is 117 Å². The van der Waals surface area contributed by atoms with Crippen molar-refractivity contribution < 1.29 is 4.92 Å². The molecule has 0 atom stereocenters. The first-order chi connectivity index (χ1) is 9.06. The summed E-state index contributed by atoms with van der Waals surface area (Å²) in [6.45, 7) is 4.39. The van der Waals surface area contributed by atoms with Gasteiger partial charge in [-0.2, -0.15) is 0 Å². The van der Waals surface area contributed by atoms with Crippen LogP contribution < -0.4 is 5.43 Å². The average Bonchev–Trinajstić information content (AvgIpc) is 2.39. The fourth-order valence-electron chi connectivity index (χ4n) is 1.97. The lowest BCUT2D eigenvalue weighted by Crippen LogP contribution is -2.50. The number of nitro groups is 1. The molecular formula is C12H17ClN4O2. The predicted octanol–water partition coefficient (Wildman–Crippen LogP) is 1.50. The molecule has 104 valence electrons. The van der Waals surface area contributed by atoms with Crippen LogP contribution in [-0.2, 0) is 6.54 Å². The number of nitro benzene ring substituents is 1. The van der Waals surface area contributed by atoms with Gasteiger partial charge in [-0.3, -0.25) is 15.5 Å². The maximum Gasteiger partial charge on any atom is 0.269 e. The number of benzene rings is 1. The molecule has 7 heteroatoms. The van der Waals surface area contributed by atoms with Crippen molar-refractivity contribution in [3.63, 3.8) is 0 Å². The largest absolute Gasteiger partial charge is 0.304 e. The molecule has 0 amide bonds. The standard InChI is InChI=1S/C12H17ClN4O2/c1-15-4-6-16(7-5-15)14-9-10-8-11(17(18)19)2-3-12(10)13/h2-3,8,14H,4-7,9H2,1H3. The smallest absolute Gasteiger partial charge is 0.269 e. The van der Waals surface area contributed by atoms with Crippen molar-refractivity contribution in [3.05, 3.63) is 38.9 Å². The first-order valence-corrected chi connectivity index (χ1v) is 6.54. The van der Waals surface area contributed by atoms with Gasteiger partial charge >= 0.3 is 0 Å². The quantitative estimate of drug-likeness (QED) is 0.671. The molecule has 6 nitrogen and oxygen atoms in total. The first kappa shape index (κ1) is 14.2. The monoisotopic (exact) mass is 284 g/mol. The number of nitrogens with one attached hydrogen (secondary N) is 1. The third-order valence-electron chi connectivity index (χ3n) is 3.24. The second-order valence-electron chi connectivity index (χ2n) is 4.66. The number of hydrogen-bond donors (Lipinski definition) is 1. The summed E-state index contributed by atoms with van der Waals surface area (Å²) in [4.78, 5) is 12.6. The molecular weight excluding hydrogens is 268 g/mol. The highest BCUT2D eigenvalue weighted by Crippen LogP contribution is 2.21. The Morgan fingerprint density at radius 1 is 1.37 bits per heavy atom. The highest BCUT2D eigenvalue weighted by Gasteiger charge is 2.14. The number of halogens is 1. The van der Waals surface area contributed by atoms with Crippen molar-refractivity contribution in [2.75, 3.05) is 33.2 Å². The van der Waals surface area contributed by atoms with Gasteiger partial charge in [0.1, 0.15) is 0 Å². The first-order valence-electron chi connectivity index (χ1n) is 6.16. The molecule has 1 N–H and O–H groups in total. The maximum atomic E-state index is 10.7. The van der Waals surface area contributed by atoms with Crippen LogP contribution in [0.25, 0.3) is 0 Å². The number of nitrogens with zero attached hydrogens (tertiary/aromatic N) is 3. The van der Waals surface area contributed by atoms with Crippen molar-refractivity contribution in [1.82, 2.24) is 15.3 Å². The van der Waals surface area contributed by atoms with Crippen molar-refractivity contribution in [2.45, 2.75) is 6.54 Å². The molecule has 0 bridgehead atoms. The van der Waals surface area contributed by atoms with Crippen LogP contribution in [0.2, 0.25) is 5.02 Å². The zero-order chi connectivity index (χ0) is 13.8. The average molecular weight is 285 g/mol. The van der Waals surface area contributed by atoms with Crippen molar-refractivity contribution in [1.29, 1.82) is 0 Å². The van der Waals surface area contributed by atoms with Gasteiger partial charge in [0.25, 0.3) is 5.69 Å². The number of likely N-dealkylation sites (N-methyl/N-ethyl adjacent to an activating group) is 1. The zero-order valence-electron chi connectivity index (χ0n) is 10.8. The van der Waals surface area contributed by atoms with E-state index in [0.29, 0.717) is 11.6 Å². The molecule has 0 saturated carbocycles. The third-order valence-corrected chi connectivity index (χ3v) is 3.61. The Balaban J connectivity index is 1.95. The highest BCUT2D eigenvalue weighted by atomic mass is 35.5. The SMILES string of the molecule is CN1CCN(NCc2cc([N+](=O)[O-])ccc2Cl)CC1. The van der Waals surface area contributed by atoms with Crippen LogP contribution in [0, 0.1) is 10.1 Å². The summed E-state index contributed by atoms with van der Waals surface area (Å²) in [6.07, 6.45) is 0. The Bertz CT molecular complexity index is 461. The predicted molar refractivity (Wildman–Crippen MR) is 74.0 cm³/mol. The van der Waals surface area contributed by atoms with Gasteiger partial charge in [0.2, 0.25) is 0 Å². The van der Waals surface area contributed by atoms with E-state index < -0.39 is 4.92 Å². The van der Waals surface area contributed by atoms with Crippen LogP contribution in [0.1, 0.15) is 5.56 Å². The minimum absolute atomic E-state index is 0.0691. The normalized spacial score (nSPS) is 17.6. The summed E-state index contributed by atoms with van der Waals surface area (Å²) in [6, 6.07) is 4.51. The Kier molecular flexibility index (Phi) is 4.71. The van der Waals surface area contributed by atoms with Crippen LogP contribution >= 0.6 is 11.6 Å². The van der Waals surface area contributed by atoms with E-state index >= 15 is 0 Å². The summed E-state index contributed by atoms with van der Waals surface area (Å²) in [5, 5.41) is 13.4. The lowest BCUT2D eigenvalue weighted by molar-refractivity contribution is -0.384. The fourth-order valence-corrected chi connectivity index (χ4v) is 2.16. The van der Waals surface area contributed by atoms with E-state index in [1.807, 2.05) is 0 Å². The van der Waals surface area contributed by atoms with Gasteiger partial charge in [0, 0.05) is 49.9 Å². The van der Waals surface area contributed by atoms with Crippen LogP contribution in [0.4, 0.5) is 5.69 Å². The molecule has 0 aromatic heterocycles. The molecule has 0 radical (unpaired) electrons. The van der Waals surface area contributed by atoms with Gasteiger partial charge < -0.3 is 4.90 Å². The van der Waals surface area contributed by atoms with Crippen LogP contribution in [0.5, 0.6) is 0 Å².